The molecule has 2 fully saturated rings. The molecule has 2 aliphatic rings. The maximum absolute atomic E-state index is 14.0. The number of aromatic nitrogens is 5. The topological polar surface area (TPSA) is 77.0 Å². The van der Waals surface area contributed by atoms with Gasteiger partial charge in [-0.05, 0) is 69.9 Å². The van der Waals surface area contributed by atoms with Gasteiger partial charge in [-0.15, -0.1) is 0 Å². The predicted molar refractivity (Wildman–Crippen MR) is 135 cm³/mol. The Balaban J connectivity index is 1.46. The van der Waals surface area contributed by atoms with E-state index in [1.807, 2.05) is 0 Å². The number of rotatable bonds is 5. The van der Waals surface area contributed by atoms with Gasteiger partial charge in [0.15, 0.2) is 5.65 Å². The molecule has 0 radical (unpaired) electrons. The van der Waals surface area contributed by atoms with Gasteiger partial charge in [-0.1, -0.05) is 11.6 Å². The standard InChI is InChI=1S/C26H26ClF3N6O2/c1-25(2,3)38-24(37)35(21-9-20(27)33-22-18(15-6-7-15)10-31-36(21)22)13-17-12-34-11-16(14-4-5-14)8-19(23(34)32-17)26(28,29)30/h8-12,14-15H,4-7,13H2,1-3H3. The van der Waals surface area contributed by atoms with Crippen molar-refractivity contribution in [2.24, 2.45) is 0 Å². The summed E-state index contributed by atoms with van der Waals surface area (Å²) in [5.41, 5.74) is 0.520. The van der Waals surface area contributed by atoms with Gasteiger partial charge < -0.3 is 9.14 Å². The number of pyridine rings is 1. The average molecular weight is 547 g/mol. The molecule has 200 valence electrons. The summed E-state index contributed by atoms with van der Waals surface area (Å²) in [6.45, 7) is 5.03. The zero-order valence-corrected chi connectivity index (χ0v) is 21.8. The largest absolute Gasteiger partial charge is 0.443 e. The van der Waals surface area contributed by atoms with E-state index in [2.05, 4.69) is 15.1 Å². The number of hydrogen-bond acceptors (Lipinski definition) is 5. The van der Waals surface area contributed by atoms with E-state index in [1.54, 1.807) is 33.2 Å². The number of anilines is 1. The first-order chi connectivity index (χ1) is 17.9. The molecule has 8 nitrogen and oxygen atoms in total. The van der Waals surface area contributed by atoms with Crippen LogP contribution in [0.15, 0.2) is 30.7 Å². The second kappa shape index (κ2) is 8.59. The summed E-state index contributed by atoms with van der Waals surface area (Å²) >= 11 is 6.38. The summed E-state index contributed by atoms with van der Waals surface area (Å²) in [5, 5.41) is 4.62. The highest BCUT2D eigenvalue weighted by atomic mass is 35.5. The number of hydrogen-bond donors (Lipinski definition) is 0. The molecule has 38 heavy (non-hydrogen) atoms. The van der Waals surface area contributed by atoms with Crippen molar-refractivity contribution in [2.75, 3.05) is 4.90 Å². The van der Waals surface area contributed by atoms with Crippen LogP contribution in [0, 0.1) is 0 Å². The molecule has 12 heteroatoms. The second-order valence-corrected chi connectivity index (χ2v) is 11.4. The molecule has 4 aromatic rings. The lowest BCUT2D eigenvalue weighted by atomic mass is 10.1. The van der Waals surface area contributed by atoms with Crippen LogP contribution in [0.3, 0.4) is 0 Å². The second-order valence-electron chi connectivity index (χ2n) is 11.0. The molecule has 0 saturated heterocycles. The fourth-order valence-electron chi connectivity index (χ4n) is 4.62. The third-order valence-corrected chi connectivity index (χ3v) is 6.85. The number of carbonyl (C=O) groups excluding carboxylic acids is 1. The molecule has 0 unspecified atom stereocenters. The summed E-state index contributed by atoms with van der Waals surface area (Å²) in [6, 6.07) is 2.68. The molecule has 2 saturated carbocycles. The van der Waals surface area contributed by atoms with Gasteiger partial charge in [0.25, 0.3) is 0 Å². The number of imidazole rings is 1. The van der Waals surface area contributed by atoms with Crippen molar-refractivity contribution in [1.82, 2.24) is 24.0 Å². The van der Waals surface area contributed by atoms with Gasteiger partial charge in [0.2, 0.25) is 0 Å². The first-order valence-electron chi connectivity index (χ1n) is 12.5. The van der Waals surface area contributed by atoms with E-state index < -0.39 is 23.4 Å². The fraction of sp³-hybridized carbons (Fsp3) is 0.462. The molecule has 6 rings (SSSR count). The van der Waals surface area contributed by atoms with E-state index in [0.29, 0.717) is 17.1 Å². The van der Waals surface area contributed by atoms with Crippen molar-refractivity contribution in [2.45, 2.75) is 76.6 Å². The van der Waals surface area contributed by atoms with Crippen LogP contribution < -0.4 is 4.90 Å². The van der Waals surface area contributed by atoms with E-state index in [9.17, 15) is 18.0 Å². The Morgan fingerprint density at radius 2 is 1.79 bits per heavy atom. The van der Waals surface area contributed by atoms with Crippen molar-refractivity contribution in [3.63, 3.8) is 0 Å². The van der Waals surface area contributed by atoms with Gasteiger partial charge in [0, 0.05) is 24.0 Å². The Kier molecular flexibility index (Phi) is 5.64. The van der Waals surface area contributed by atoms with E-state index in [4.69, 9.17) is 16.3 Å². The minimum absolute atomic E-state index is 0.123. The molecular formula is C26H26ClF3N6O2. The summed E-state index contributed by atoms with van der Waals surface area (Å²) in [7, 11) is 0. The lowest BCUT2D eigenvalue weighted by Crippen LogP contribution is -2.37. The molecule has 0 N–H and O–H groups in total. The maximum atomic E-state index is 14.0. The Hall–Kier alpha value is -3.34. The normalized spacial score (nSPS) is 16.4. The van der Waals surface area contributed by atoms with E-state index >= 15 is 0 Å². The van der Waals surface area contributed by atoms with E-state index in [-0.39, 0.29) is 34.8 Å². The molecule has 4 aromatic heterocycles. The van der Waals surface area contributed by atoms with Crippen molar-refractivity contribution < 1.29 is 22.7 Å². The number of alkyl halides is 3. The zero-order chi connectivity index (χ0) is 27.0. The molecule has 2 aliphatic carbocycles. The molecular weight excluding hydrogens is 521 g/mol. The van der Waals surface area contributed by atoms with Gasteiger partial charge in [0.05, 0.1) is 24.0 Å². The number of fused-ring (bicyclic) bond motifs is 2. The van der Waals surface area contributed by atoms with Crippen molar-refractivity contribution in [1.29, 1.82) is 0 Å². The van der Waals surface area contributed by atoms with Crippen LogP contribution in [0.5, 0.6) is 0 Å². The number of halogens is 4. The van der Waals surface area contributed by atoms with Gasteiger partial charge in [-0.25, -0.2) is 14.8 Å². The highest BCUT2D eigenvalue weighted by molar-refractivity contribution is 6.29. The summed E-state index contributed by atoms with van der Waals surface area (Å²) in [5.74, 6) is 0.742. The van der Waals surface area contributed by atoms with Crippen LogP contribution in [0.1, 0.15) is 80.7 Å². The molecule has 0 aromatic carbocycles. The van der Waals surface area contributed by atoms with Gasteiger partial charge >= 0.3 is 12.3 Å². The van der Waals surface area contributed by atoms with Crippen LogP contribution in [-0.4, -0.2) is 35.7 Å². The first kappa shape index (κ1) is 25.0. The average Bonchev–Trinajstić information content (AvgIpc) is 3.74. The third-order valence-electron chi connectivity index (χ3n) is 6.65. The van der Waals surface area contributed by atoms with Crippen LogP contribution in [0.2, 0.25) is 5.15 Å². The number of amides is 1. The predicted octanol–water partition coefficient (Wildman–Crippen LogP) is 6.75. The monoisotopic (exact) mass is 546 g/mol. The van der Waals surface area contributed by atoms with Gasteiger partial charge in [0.1, 0.15) is 22.2 Å². The number of ether oxygens (including phenoxy) is 1. The van der Waals surface area contributed by atoms with Gasteiger partial charge in [-0.2, -0.15) is 22.8 Å². The lowest BCUT2D eigenvalue weighted by Gasteiger charge is -2.27. The maximum Gasteiger partial charge on any atom is 0.419 e. The number of nitrogens with zero attached hydrogens (tertiary/aromatic N) is 6. The van der Waals surface area contributed by atoms with Crippen LogP contribution in [0.4, 0.5) is 23.8 Å². The fourth-order valence-corrected chi connectivity index (χ4v) is 4.80. The minimum atomic E-state index is -4.57. The van der Waals surface area contributed by atoms with Crippen molar-refractivity contribution >= 4 is 34.8 Å². The Morgan fingerprint density at radius 1 is 1.08 bits per heavy atom. The summed E-state index contributed by atoms with van der Waals surface area (Å²) < 4.78 is 50.4. The smallest absolute Gasteiger partial charge is 0.419 e. The Morgan fingerprint density at radius 3 is 2.42 bits per heavy atom. The Labute approximate surface area is 221 Å². The molecule has 0 aliphatic heterocycles. The van der Waals surface area contributed by atoms with Crippen molar-refractivity contribution in [3.8, 4) is 0 Å². The molecule has 0 spiro atoms. The molecule has 4 heterocycles. The third kappa shape index (κ3) is 4.79. The summed E-state index contributed by atoms with van der Waals surface area (Å²) in [6.07, 6.45) is 3.41. The van der Waals surface area contributed by atoms with E-state index in [1.165, 1.54) is 32.1 Å². The highest BCUT2D eigenvalue weighted by Crippen LogP contribution is 2.44. The quantitative estimate of drug-likeness (QED) is 0.259. The lowest BCUT2D eigenvalue weighted by molar-refractivity contribution is -0.136. The first-order valence-corrected chi connectivity index (χ1v) is 12.9. The summed E-state index contributed by atoms with van der Waals surface area (Å²) in [4.78, 5) is 23.5. The highest BCUT2D eigenvalue weighted by Gasteiger charge is 2.37. The molecule has 1 amide bonds. The molecule has 0 bridgehead atoms. The van der Waals surface area contributed by atoms with Gasteiger partial charge in [-0.3, -0.25) is 4.90 Å². The number of carbonyl (C=O) groups is 1. The minimum Gasteiger partial charge on any atom is -0.443 e. The van der Waals surface area contributed by atoms with Crippen LogP contribution >= 0.6 is 11.6 Å². The van der Waals surface area contributed by atoms with Crippen molar-refractivity contribution in [3.05, 3.63) is 58.3 Å². The Bertz CT molecular complexity index is 1560. The SMILES string of the molecule is CC(C)(C)OC(=O)N(Cc1cn2cc(C3CC3)cc(C(F)(F)F)c2n1)c1cc(Cl)nc2c(C3CC3)cnn12. The molecule has 0 atom stereocenters. The van der Waals surface area contributed by atoms with E-state index in [0.717, 1.165) is 31.2 Å². The van der Waals surface area contributed by atoms with Crippen LogP contribution in [-0.2, 0) is 17.5 Å². The van der Waals surface area contributed by atoms with Crippen LogP contribution in [0.25, 0.3) is 11.3 Å². The zero-order valence-electron chi connectivity index (χ0n) is 21.1.